The molecule has 0 bridgehead atoms. The van der Waals surface area contributed by atoms with Gasteiger partial charge in [-0.3, -0.25) is 9.48 Å². The lowest BCUT2D eigenvalue weighted by molar-refractivity contribution is -0.144. The summed E-state index contributed by atoms with van der Waals surface area (Å²) in [6.45, 7) is 8.38. The lowest BCUT2D eigenvalue weighted by Crippen LogP contribution is -2.56. The summed E-state index contributed by atoms with van der Waals surface area (Å²) in [5.41, 5.74) is 2.12. The molecule has 2 aliphatic heterocycles. The molecule has 1 amide bonds. The van der Waals surface area contributed by atoms with Crippen LogP contribution < -0.4 is 5.32 Å². The maximum Gasteiger partial charge on any atom is 0.242 e. The van der Waals surface area contributed by atoms with Crippen molar-refractivity contribution in [1.82, 2.24) is 20.0 Å². The number of ether oxygens (including phenoxy) is 2. The number of nitrogens with zero attached hydrogens (tertiary/aromatic N) is 3. The van der Waals surface area contributed by atoms with Gasteiger partial charge in [0.25, 0.3) is 0 Å². The maximum atomic E-state index is 12.5. The Morgan fingerprint density at radius 2 is 2.32 bits per heavy atom. The molecular weight excluding hydrogens is 284 g/mol. The van der Waals surface area contributed by atoms with Crippen molar-refractivity contribution in [3.05, 3.63) is 17.5 Å². The highest BCUT2D eigenvalue weighted by Crippen LogP contribution is 2.12. The second-order valence-electron chi connectivity index (χ2n) is 5.97. The summed E-state index contributed by atoms with van der Waals surface area (Å²) >= 11 is 0. The average molecular weight is 308 g/mol. The smallest absolute Gasteiger partial charge is 0.242 e. The predicted octanol–water partition coefficient (Wildman–Crippen LogP) is -0.284. The van der Waals surface area contributed by atoms with Crippen molar-refractivity contribution in [2.45, 2.75) is 32.5 Å². The largest absolute Gasteiger partial charge is 0.378 e. The van der Waals surface area contributed by atoms with Gasteiger partial charge >= 0.3 is 0 Å². The zero-order valence-electron chi connectivity index (χ0n) is 13.2. The maximum absolute atomic E-state index is 12.5. The van der Waals surface area contributed by atoms with Crippen molar-refractivity contribution >= 4 is 5.91 Å². The van der Waals surface area contributed by atoms with E-state index in [4.69, 9.17) is 9.47 Å². The number of nitrogens with one attached hydrogen (secondary N) is 1. The summed E-state index contributed by atoms with van der Waals surface area (Å²) < 4.78 is 13.1. The Balaban J connectivity index is 1.59. The molecule has 1 N–H and O–H groups in total. The fraction of sp³-hybridized carbons (Fsp3) is 0.733. The fourth-order valence-electron chi connectivity index (χ4n) is 3.03. The molecule has 2 unspecified atom stereocenters. The normalized spacial score (nSPS) is 26.2. The van der Waals surface area contributed by atoms with Crippen molar-refractivity contribution in [1.29, 1.82) is 0 Å². The second-order valence-corrected chi connectivity index (χ2v) is 5.97. The number of aryl methyl sites for hydroxylation is 2. The molecule has 2 aliphatic rings. The summed E-state index contributed by atoms with van der Waals surface area (Å²) in [6.07, 6.45) is -0.0137. The highest BCUT2D eigenvalue weighted by Gasteiger charge is 2.30. The van der Waals surface area contributed by atoms with Crippen molar-refractivity contribution < 1.29 is 14.3 Å². The van der Waals surface area contributed by atoms with Gasteiger partial charge in [-0.1, -0.05) is 0 Å². The summed E-state index contributed by atoms with van der Waals surface area (Å²) in [5.74, 6) is 0.112. The highest BCUT2D eigenvalue weighted by molar-refractivity contribution is 5.82. The van der Waals surface area contributed by atoms with Gasteiger partial charge in [0.2, 0.25) is 5.91 Å². The van der Waals surface area contributed by atoms with E-state index in [1.807, 2.05) is 23.4 Å². The van der Waals surface area contributed by atoms with Gasteiger partial charge < -0.3 is 19.7 Å². The van der Waals surface area contributed by atoms with Crippen molar-refractivity contribution in [2.24, 2.45) is 0 Å². The van der Waals surface area contributed by atoms with Gasteiger partial charge in [0.05, 0.1) is 38.2 Å². The number of rotatable bonds is 3. The van der Waals surface area contributed by atoms with Crippen LogP contribution in [0.15, 0.2) is 6.07 Å². The molecule has 0 aliphatic carbocycles. The Labute approximate surface area is 130 Å². The highest BCUT2D eigenvalue weighted by atomic mass is 16.5. The van der Waals surface area contributed by atoms with E-state index in [1.54, 1.807) is 0 Å². The molecule has 1 aromatic heterocycles. The van der Waals surface area contributed by atoms with Crippen LogP contribution in [0.4, 0.5) is 0 Å². The van der Waals surface area contributed by atoms with Crippen LogP contribution in [0, 0.1) is 13.8 Å². The van der Waals surface area contributed by atoms with Crippen LogP contribution >= 0.6 is 0 Å². The van der Waals surface area contributed by atoms with Gasteiger partial charge in [0.1, 0.15) is 6.04 Å². The van der Waals surface area contributed by atoms with Crippen LogP contribution in [0.3, 0.4) is 0 Å². The third kappa shape index (κ3) is 3.48. The molecule has 0 radical (unpaired) electrons. The molecule has 1 aromatic rings. The first-order valence-electron chi connectivity index (χ1n) is 7.86. The molecule has 2 atom stereocenters. The van der Waals surface area contributed by atoms with Crippen LogP contribution in [-0.4, -0.2) is 72.2 Å². The Kier molecular flexibility index (Phi) is 4.75. The quantitative estimate of drug-likeness (QED) is 0.831. The molecule has 22 heavy (non-hydrogen) atoms. The van der Waals surface area contributed by atoms with Gasteiger partial charge in [-0.05, 0) is 19.9 Å². The third-order valence-electron chi connectivity index (χ3n) is 4.15. The Morgan fingerprint density at radius 3 is 3.00 bits per heavy atom. The van der Waals surface area contributed by atoms with Crippen molar-refractivity contribution in [3.63, 3.8) is 0 Å². The van der Waals surface area contributed by atoms with Gasteiger partial charge in [0, 0.05) is 25.3 Å². The molecule has 0 saturated carbocycles. The second kappa shape index (κ2) is 6.76. The van der Waals surface area contributed by atoms with E-state index in [0.29, 0.717) is 39.5 Å². The third-order valence-corrected chi connectivity index (χ3v) is 4.15. The van der Waals surface area contributed by atoms with E-state index in [0.717, 1.165) is 17.9 Å². The lowest BCUT2D eigenvalue weighted by Gasteiger charge is -2.36. The molecule has 0 spiro atoms. The minimum atomic E-state index is -0.221. The number of morpholine rings is 2. The molecule has 7 heteroatoms. The van der Waals surface area contributed by atoms with Crippen molar-refractivity contribution in [2.75, 3.05) is 39.5 Å². The number of carbonyl (C=O) groups is 1. The number of aromatic nitrogens is 2. The number of carbonyl (C=O) groups excluding carboxylic acids is 1. The van der Waals surface area contributed by atoms with Crippen LogP contribution in [0.2, 0.25) is 0 Å². The first-order chi connectivity index (χ1) is 10.6. The average Bonchev–Trinajstić information content (AvgIpc) is 2.85. The lowest BCUT2D eigenvalue weighted by atomic mass is 10.2. The van der Waals surface area contributed by atoms with Crippen LogP contribution in [0.5, 0.6) is 0 Å². The first kappa shape index (κ1) is 15.5. The van der Waals surface area contributed by atoms with E-state index < -0.39 is 0 Å². The Morgan fingerprint density at radius 1 is 1.45 bits per heavy atom. The Hall–Kier alpha value is -1.44. The number of hydrogen-bond acceptors (Lipinski definition) is 5. The zero-order valence-corrected chi connectivity index (χ0v) is 13.2. The molecule has 2 saturated heterocycles. The molecule has 7 nitrogen and oxygen atoms in total. The van der Waals surface area contributed by atoms with E-state index in [1.165, 1.54) is 0 Å². The fourth-order valence-corrected chi connectivity index (χ4v) is 3.03. The van der Waals surface area contributed by atoms with Gasteiger partial charge in [-0.2, -0.15) is 5.10 Å². The topological polar surface area (TPSA) is 68.6 Å². The molecule has 0 aromatic carbocycles. The Bertz CT molecular complexity index is 525. The van der Waals surface area contributed by atoms with Crippen LogP contribution in [0.1, 0.15) is 11.4 Å². The zero-order chi connectivity index (χ0) is 15.5. The van der Waals surface area contributed by atoms with Crippen LogP contribution in [-0.2, 0) is 20.8 Å². The minimum absolute atomic E-state index is 0.0137. The SMILES string of the molecule is Cc1cc(C)n(CC2CN(C(=O)C3COCCN3)CCO2)n1. The summed E-state index contributed by atoms with van der Waals surface area (Å²) in [4.78, 5) is 14.4. The minimum Gasteiger partial charge on any atom is -0.378 e. The number of amides is 1. The predicted molar refractivity (Wildman–Crippen MR) is 80.6 cm³/mol. The van der Waals surface area contributed by atoms with E-state index >= 15 is 0 Å². The van der Waals surface area contributed by atoms with E-state index in [-0.39, 0.29) is 18.1 Å². The summed E-state index contributed by atoms with van der Waals surface area (Å²) in [7, 11) is 0. The molecule has 2 fully saturated rings. The molecular formula is C15H24N4O3. The van der Waals surface area contributed by atoms with Gasteiger partial charge in [0.15, 0.2) is 0 Å². The van der Waals surface area contributed by atoms with E-state index in [2.05, 4.69) is 16.5 Å². The van der Waals surface area contributed by atoms with Crippen molar-refractivity contribution in [3.8, 4) is 0 Å². The first-order valence-corrected chi connectivity index (χ1v) is 7.86. The molecule has 3 rings (SSSR count). The van der Waals surface area contributed by atoms with E-state index in [9.17, 15) is 4.79 Å². The molecule has 122 valence electrons. The summed E-state index contributed by atoms with van der Waals surface area (Å²) in [5, 5.41) is 7.68. The standard InChI is InChI=1S/C15H24N4O3/c1-11-7-12(2)19(17-11)9-13-8-18(4-6-22-13)15(20)14-10-21-5-3-16-14/h7,13-14,16H,3-6,8-10H2,1-2H3. The number of hydrogen-bond donors (Lipinski definition) is 1. The molecule has 3 heterocycles. The van der Waals surface area contributed by atoms with Gasteiger partial charge in [-0.15, -0.1) is 0 Å². The monoisotopic (exact) mass is 308 g/mol. The van der Waals surface area contributed by atoms with Gasteiger partial charge in [-0.25, -0.2) is 0 Å². The van der Waals surface area contributed by atoms with Crippen LogP contribution in [0.25, 0.3) is 0 Å². The summed E-state index contributed by atoms with van der Waals surface area (Å²) in [6, 6.07) is 1.83.